The van der Waals surface area contributed by atoms with Gasteiger partial charge in [0, 0.05) is 24.9 Å². The molecule has 0 saturated heterocycles. The fraction of sp³-hybridized carbons (Fsp3) is 0.333. The lowest BCUT2D eigenvalue weighted by molar-refractivity contribution is 0.172. The molecule has 0 fully saturated rings. The molecule has 0 saturated carbocycles. The van der Waals surface area contributed by atoms with Crippen molar-refractivity contribution in [3.05, 3.63) is 51.5 Å². The van der Waals surface area contributed by atoms with Crippen molar-refractivity contribution in [3.63, 3.8) is 0 Å². The molecule has 1 aromatic heterocycles. The van der Waals surface area contributed by atoms with E-state index in [0.29, 0.717) is 13.0 Å². The normalized spacial score (nSPS) is 12.0. The van der Waals surface area contributed by atoms with E-state index in [9.17, 15) is 18.7 Å². The molecule has 124 valence electrons. The van der Waals surface area contributed by atoms with E-state index >= 15 is 0 Å². The molecular formula is C15H17F2N3O2S. The number of nitrogens with zero attached hydrogens (tertiary/aromatic N) is 1. The van der Waals surface area contributed by atoms with E-state index in [0.717, 1.165) is 22.8 Å². The molecular weight excluding hydrogens is 324 g/mol. The number of amides is 2. The van der Waals surface area contributed by atoms with Crippen molar-refractivity contribution in [2.45, 2.75) is 19.4 Å². The Hall–Kier alpha value is -2.06. The average Bonchev–Trinajstić information content (AvgIpc) is 2.93. The lowest BCUT2D eigenvalue weighted by Gasteiger charge is -2.13. The summed E-state index contributed by atoms with van der Waals surface area (Å²) in [6.07, 6.45) is -0.499. The number of carbonyl (C=O) groups excluding carboxylic acids is 1. The summed E-state index contributed by atoms with van der Waals surface area (Å²) in [5, 5.41) is 17.9. The van der Waals surface area contributed by atoms with Crippen LogP contribution in [0.25, 0.3) is 0 Å². The van der Waals surface area contributed by atoms with Crippen LogP contribution in [0, 0.1) is 18.6 Å². The summed E-state index contributed by atoms with van der Waals surface area (Å²) in [6, 6.07) is 2.67. The Morgan fingerprint density at radius 2 is 2.13 bits per heavy atom. The van der Waals surface area contributed by atoms with Gasteiger partial charge in [-0.25, -0.2) is 18.6 Å². The molecule has 0 aliphatic carbocycles. The molecule has 1 unspecified atom stereocenters. The lowest BCUT2D eigenvalue weighted by atomic mass is 10.1. The number of benzene rings is 1. The van der Waals surface area contributed by atoms with Gasteiger partial charge in [-0.2, -0.15) is 0 Å². The number of aromatic nitrogens is 1. The molecule has 2 aromatic rings. The molecule has 0 radical (unpaired) electrons. The topological polar surface area (TPSA) is 74.2 Å². The third-order valence-corrected chi connectivity index (χ3v) is 3.94. The molecule has 2 amide bonds. The molecule has 1 heterocycles. The van der Waals surface area contributed by atoms with Crippen LogP contribution in [-0.4, -0.2) is 29.2 Å². The molecule has 0 aliphatic rings. The number of aryl methyl sites for hydroxylation is 1. The Morgan fingerprint density at radius 1 is 1.35 bits per heavy atom. The Kier molecular flexibility index (Phi) is 6.00. The lowest BCUT2D eigenvalue weighted by Crippen LogP contribution is -2.38. The first-order valence-corrected chi connectivity index (χ1v) is 7.89. The Labute approximate surface area is 136 Å². The van der Waals surface area contributed by atoms with Crippen molar-refractivity contribution >= 4 is 17.4 Å². The van der Waals surface area contributed by atoms with E-state index < -0.39 is 23.8 Å². The van der Waals surface area contributed by atoms with Crippen LogP contribution >= 0.6 is 11.3 Å². The minimum absolute atomic E-state index is 0.104. The maximum absolute atomic E-state index is 13.1. The first kappa shape index (κ1) is 17.3. The maximum atomic E-state index is 13.1. The summed E-state index contributed by atoms with van der Waals surface area (Å²) in [7, 11) is 0. The molecule has 8 heteroatoms. The van der Waals surface area contributed by atoms with Crippen LogP contribution in [0.2, 0.25) is 0 Å². The number of thiazole rings is 1. The van der Waals surface area contributed by atoms with Gasteiger partial charge in [0.05, 0.1) is 16.8 Å². The summed E-state index contributed by atoms with van der Waals surface area (Å²) in [4.78, 5) is 15.9. The highest BCUT2D eigenvalue weighted by Gasteiger charge is 2.12. The van der Waals surface area contributed by atoms with Gasteiger partial charge in [-0.15, -0.1) is 11.3 Å². The van der Waals surface area contributed by atoms with Crippen LogP contribution in [0.1, 0.15) is 22.4 Å². The summed E-state index contributed by atoms with van der Waals surface area (Å²) in [5.41, 5.74) is 1.11. The zero-order valence-corrected chi connectivity index (χ0v) is 13.3. The number of aliphatic hydroxyl groups excluding tert-OH is 1. The van der Waals surface area contributed by atoms with Gasteiger partial charge < -0.3 is 15.7 Å². The third-order valence-electron chi connectivity index (χ3n) is 3.12. The van der Waals surface area contributed by atoms with Crippen LogP contribution in [0.5, 0.6) is 0 Å². The van der Waals surface area contributed by atoms with E-state index in [2.05, 4.69) is 15.6 Å². The van der Waals surface area contributed by atoms with E-state index in [-0.39, 0.29) is 12.1 Å². The van der Waals surface area contributed by atoms with E-state index in [1.165, 1.54) is 6.07 Å². The average molecular weight is 341 g/mol. The predicted molar refractivity (Wildman–Crippen MR) is 83.3 cm³/mol. The van der Waals surface area contributed by atoms with Gasteiger partial charge in [0.2, 0.25) is 0 Å². The summed E-state index contributed by atoms with van der Waals surface area (Å²) in [5.74, 6) is -2.02. The minimum atomic E-state index is -1.11. The van der Waals surface area contributed by atoms with Gasteiger partial charge >= 0.3 is 6.03 Å². The SMILES string of the molecule is Cc1nc(CCNC(=O)NCC(O)c2ccc(F)c(F)c2)cs1. The highest BCUT2D eigenvalue weighted by atomic mass is 32.1. The van der Waals surface area contributed by atoms with Crippen molar-refractivity contribution in [2.24, 2.45) is 0 Å². The van der Waals surface area contributed by atoms with Crippen molar-refractivity contribution in [1.29, 1.82) is 0 Å². The largest absolute Gasteiger partial charge is 0.387 e. The summed E-state index contributed by atoms with van der Waals surface area (Å²) in [6.45, 7) is 2.22. The van der Waals surface area contributed by atoms with Gasteiger partial charge in [-0.1, -0.05) is 6.07 Å². The zero-order valence-electron chi connectivity index (χ0n) is 12.5. The molecule has 1 atom stereocenters. The number of aliphatic hydroxyl groups is 1. The van der Waals surface area contributed by atoms with Gasteiger partial charge in [-0.05, 0) is 24.6 Å². The smallest absolute Gasteiger partial charge is 0.314 e. The number of hydrogen-bond donors (Lipinski definition) is 3. The highest BCUT2D eigenvalue weighted by molar-refractivity contribution is 7.09. The predicted octanol–water partition coefficient (Wildman–Crippen LogP) is 2.31. The third kappa shape index (κ3) is 5.26. The van der Waals surface area contributed by atoms with Gasteiger partial charge in [0.1, 0.15) is 0 Å². The summed E-state index contributed by atoms with van der Waals surface area (Å²) < 4.78 is 25.9. The monoisotopic (exact) mass is 341 g/mol. The molecule has 0 bridgehead atoms. The zero-order chi connectivity index (χ0) is 16.8. The molecule has 0 spiro atoms. The fourth-order valence-electron chi connectivity index (χ4n) is 1.92. The van der Waals surface area contributed by atoms with Gasteiger partial charge in [0.15, 0.2) is 11.6 Å². The second-order valence-electron chi connectivity index (χ2n) is 4.93. The van der Waals surface area contributed by atoms with Crippen molar-refractivity contribution in [3.8, 4) is 0 Å². The van der Waals surface area contributed by atoms with Crippen molar-refractivity contribution < 1.29 is 18.7 Å². The van der Waals surface area contributed by atoms with Crippen LogP contribution in [0.3, 0.4) is 0 Å². The number of carbonyl (C=O) groups is 1. The van der Waals surface area contributed by atoms with Crippen molar-refractivity contribution in [2.75, 3.05) is 13.1 Å². The molecule has 3 N–H and O–H groups in total. The number of nitrogens with one attached hydrogen (secondary N) is 2. The highest BCUT2D eigenvalue weighted by Crippen LogP contribution is 2.15. The van der Waals surface area contributed by atoms with E-state index in [1.54, 1.807) is 11.3 Å². The molecule has 5 nitrogen and oxygen atoms in total. The van der Waals surface area contributed by atoms with Crippen LogP contribution in [0.4, 0.5) is 13.6 Å². The number of urea groups is 1. The molecule has 0 aliphatic heterocycles. The molecule has 2 rings (SSSR count). The number of halogens is 2. The fourth-order valence-corrected chi connectivity index (χ4v) is 2.56. The maximum Gasteiger partial charge on any atom is 0.314 e. The quantitative estimate of drug-likeness (QED) is 0.755. The standard InChI is InChI=1S/C15H17F2N3O2S/c1-9-20-11(8-23-9)4-5-18-15(22)19-7-14(21)10-2-3-12(16)13(17)6-10/h2-3,6,8,14,21H,4-5,7H2,1H3,(H2,18,19,22). The summed E-state index contributed by atoms with van der Waals surface area (Å²) >= 11 is 1.55. The van der Waals surface area contributed by atoms with Crippen LogP contribution < -0.4 is 10.6 Å². The Balaban J connectivity index is 1.71. The van der Waals surface area contributed by atoms with Crippen LogP contribution in [-0.2, 0) is 6.42 Å². The Bertz CT molecular complexity index is 678. The first-order valence-electron chi connectivity index (χ1n) is 7.01. The molecule has 23 heavy (non-hydrogen) atoms. The number of hydrogen-bond acceptors (Lipinski definition) is 4. The van der Waals surface area contributed by atoms with E-state index in [1.807, 2.05) is 12.3 Å². The first-order chi connectivity index (χ1) is 11.0. The molecule has 1 aromatic carbocycles. The van der Waals surface area contributed by atoms with Crippen LogP contribution in [0.15, 0.2) is 23.6 Å². The second kappa shape index (κ2) is 7.98. The van der Waals surface area contributed by atoms with Crippen molar-refractivity contribution in [1.82, 2.24) is 15.6 Å². The second-order valence-corrected chi connectivity index (χ2v) is 6.00. The number of rotatable bonds is 6. The Morgan fingerprint density at radius 3 is 2.78 bits per heavy atom. The van der Waals surface area contributed by atoms with E-state index in [4.69, 9.17) is 0 Å². The van der Waals surface area contributed by atoms with Gasteiger partial charge in [-0.3, -0.25) is 0 Å². The minimum Gasteiger partial charge on any atom is -0.387 e. The van der Waals surface area contributed by atoms with Gasteiger partial charge in [0.25, 0.3) is 0 Å².